The Labute approximate surface area is 303 Å². The summed E-state index contributed by atoms with van der Waals surface area (Å²) in [6, 6.07) is 34.7. The number of aromatic nitrogens is 3. The average Bonchev–Trinajstić information content (AvgIpc) is 3.96. The molecule has 2 fully saturated rings. The Bertz CT molecular complexity index is 2000. The monoisotopic (exact) mass is 693 g/mol. The zero-order valence-corrected chi connectivity index (χ0v) is 28.6. The Morgan fingerprint density at radius 1 is 0.538 bits per heavy atom. The van der Waals surface area contributed by atoms with Crippen molar-refractivity contribution in [2.75, 3.05) is 26.4 Å². The van der Waals surface area contributed by atoms with Gasteiger partial charge in [-0.3, -0.25) is 24.5 Å². The maximum absolute atomic E-state index is 12.5. The lowest BCUT2D eigenvalue weighted by atomic mass is 9.99. The number of pyridine rings is 3. The van der Waals surface area contributed by atoms with E-state index in [2.05, 4.69) is 33.2 Å². The Hall–Kier alpha value is -5.71. The van der Waals surface area contributed by atoms with Gasteiger partial charge in [-0.1, -0.05) is 72.8 Å². The van der Waals surface area contributed by atoms with Crippen LogP contribution in [0.4, 0.5) is 0 Å². The minimum absolute atomic E-state index is 0.0444. The lowest BCUT2D eigenvalue weighted by Crippen LogP contribution is -2.09. The summed E-state index contributed by atoms with van der Waals surface area (Å²) in [7, 11) is 0. The molecule has 52 heavy (non-hydrogen) atoms. The molecule has 0 saturated carbocycles. The summed E-state index contributed by atoms with van der Waals surface area (Å²) in [5.41, 5.74) is 8.60. The van der Waals surface area contributed by atoms with Crippen LogP contribution in [0, 0.1) is 0 Å². The molecule has 3 aromatic heterocycles. The largest absolute Gasteiger partial charge is 0.346 e. The van der Waals surface area contributed by atoms with E-state index < -0.39 is 6.29 Å². The van der Waals surface area contributed by atoms with E-state index in [1.54, 1.807) is 43.0 Å². The first-order valence-electron chi connectivity index (χ1n) is 17.1. The second-order valence-electron chi connectivity index (χ2n) is 11.9. The minimum Gasteiger partial charge on any atom is -0.346 e. The van der Waals surface area contributed by atoms with Crippen molar-refractivity contribution in [3.8, 4) is 0 Å². The van der Waals surface area contributed by atoms with Crippen LogP contribution in [-0.4, -0.2) is 53.4 Å². The summed E-state index contributed by atoms with van der Waals surface area (Å²) in [5.74, 6) is -0.0444. The SMILES string of the molecule is O=C(c1ccncc1)c1ccccc1C1OCCO1.O=Cc1ccccc1Cc1ccncc1.c1ccc(C2OCCO2)c(Cc2ccncc2)c1. The molecule has 0 amide bonds. The highest BCUT2D eigenvalue weighted by molar-refractivity contribution is 6.09. The van der Waals surface area contributed by atoms with E-state index in [4.69, 9.17) is 18.9 Å². The van der Waals surface area contributed by atoms with Gasteiger partial charge in [-0.25, -0.2) is 0 Å². The number of ether oxygens (including phenoxy) is 4. The van der Waals surface area contributed by atoms with E-state index in [0.29, 0.717) is 37.6 Å². The van der Waals surface area contributed by atoms with Crippen molar-refractivity contribution in [2.24, 2.45) is 0 Å². The van der Waals surface area contributed by atoms with Gasteiger partial charge >= 0.3 is 0 Å². The highest BCUT2D eigenvalue weighted by Crippen LogP contribution is 2.29. The van der Waals surface area contributed by atoms with Crippen LogP contribution in [0.2, 0.25) is 0 Å². The maximum atomic E-state index is 12.5. The molecule has 6 aromatic rings. The topological polar surface area (TPSA) is 110 Å². The summed E-state index contributed by atoms with van der Waals surface area (Å²) in [6.07, 6.45) is 12.3. The quantitative estimate of drug-likeness (QED) is 0.112. The highest BCUT2D eigenvalue weighted by atomic mass is 16.7. The third kappa shape index (κ3) is 9.96. The fourth-order valence-electron chi connectivity index (χ4n) is 5.82. The Kier molecular flexibility index (Phi) is 13.2. The molecule has 8 rings (SSSR count). The first-order valence-corrected chi connectivity index (χ1v) is 17.1. The number of aldehydes is 1. The molecule has 0 atom stereocenters. The van der Waals surface area contributed by atoms with Crippen LogP contribution < -0.4 is 0 Å². The fourth-order valence-corrected chi connectivity index (χ4v) is 5.82. The molecule has 9 heteroatoms. The third-order valence-electron chi connectivity index (χ3n) is 8.42. The number of nitrogens with zero attached hydrogens (tertiary/aromatic N) is 3. The summed E-state index contributed by atoms with van der Waals surface area (Å²) in [6.45, 7) is 2.47. The van der Waals surface area contributed by atoms with Gasteiger partial charge in [-0.05, 0) is 71.5 Å². The van der Waals surface area contributed by atoms with Crippen LogP contribution in [-0.2, 0) is 31.8 Å². The number of benzene rings is 3. The van der Waals surface area contributed by atoms with Gasteiger partial charge in [0.25, 0.3) is 0 Å². The summed E-state index contributed by atoms with van der Waals surface area (Å²) in [4.78, 5) is 35.2. The Balaban J connectivity index is 0.000000135. The first-order chi connectivity index (χ1) is 25.7. The molecule has 0 spiro atoms. The van der Waals surface area contributed by atoms with Crippen LogP contribution in [0.15, 0.2) is 146 Å². The minimum atomic E-state index is -0.443. The van der Waals surface area contributed by atoms with E-state index in [9.17, 15) is 9.59 Å². The standard InChI is InChI=1S/C15H13NO3.C15H15NO2.C13H11NO/c17-14(11-5-7-16-8-6-11)12-3-1-2-4-13(12)15-18-9-10-19-15;1-2-4-14(15-17-9-10-18-15)13(3-1)11-12-5-7-16-8-6-12;15-10-13-4-2-1-3-12(13)9-11-5-7-14-8-6-11/h1-8,15H,9-10H2;1-8,15H,9-11H2;1-8,10H,9H2. The van der Waals surface area contributed by atoms with Crippen molar-refractivity contribution in [1.82, 2.24) is 15.0 Å². The zero-order valence-electron chi connectivity index (χ0n) is 28.6. The predicted octanol–water partition coefficient (Wildman–Crippen LogP) is 7.56. The molecule has 0 radical (unpaired) electrons. The van der Waals surface area contributed by atoms with Crippen molar-refractivity contribution in [1.29, 1.82) is 0 Å². The van der Waals surface area contributed by atoms with Crippen molar-refractivity contribution < 1.29 is 28.5 Å². The lowest BCUT2D eigenvalue weighted by Gasteiger charge is -2.14. The number of hydrogen-bond acceptors (Lipinski definition) is 9. The van der Waals surface area contributed by atoms with E-state index in [1.807, 2.05) is 85.2 Å². The molecule has 3 aromatic carbocycles. The molecule has 2 aliphatic heterocycles. The molecule has 0 unspecified atom stereocenters. The zero-order chi connectivity index (χ0) is 35.8. The van der Waals surface area contributed by atoms with E-state index in [0.717, 1.165) is 41.4 Å². The second kappa shape index (κ2) is 19.1. The number of carbonyl (C=O) groups is 2. The van der Waals surface area contributed by atoms with Crippen LogP contribution in [0.3, 0.4) is 0 Å². The number of ketones is 1. The van der Waals surface area contributed by atoms with E-state index in [1.165, 1.54) is 16.7 Å². The van der Waals surface area contributed by atoms with E-state index in [-0.39, 0.29) is 12.1 Å². The van der Waals surface area contributed by atoms with Gasteiger partial charge in [0, 0.05) is 65.0 Å². The Morgan fingerprint density at radius 3 is 1.56 bits per heavy atom. The van der Waals surface area contributed by atoms with Crippen LogP contribution in [0.5, 0.6) is 0 Å². The van der Waals surface area contributed by atoms with Gasteiger partial charge in [-0.15, -0.1) is 0 Å². The third-order valence-corrected chi connectivity index (χ3v) is 8.42. The van der Waals surface area contributed by atoms with Crippen molar-refractivity contribution in [2.45, 2.75) is 25.4 Å². The van der Waals surface area contributed by atoms with Crippen molar-refractivity contribution in [3.63, 3.8) is 0 Å². The molecular weight excluding hydrogens is 654 g/mol. The van der Waals surface area contributed by atoms with Gasteiger partial charge in [0.05, 0.1) is 26.4 Å². The smallest absolute Gasteiger partial charge is 0.193 e. The summed E-state index contributed by atoms with van der Waals surface area (Å²) < 4.78 is 22.1. The van der Waals surface area contributed by atoms with Crippen LogP contribution in [0.1, 0.15) is 72.2 Å². The van der Waals surface area contributed by atoms with Crippen molar-refractivity contribution in [3.05, 3.63) is 196 Å². The molecule has 2 saturated heterocycles. The normalized spacial score (nSPS) is 14.1. The molecule has 0 aliphatic carbocycles. The fraction of sp³-hybridized carbons (Fsp3) is 0.186. The van der Waals surface area contributed by atoms with Crippen LogP contribution >= 0.6 is 0 Å². The number of carbonyl (C=O) groups excluding carboxylic acids is 2. The Morgan fingerprint density at radius 2 is 0.981 bits per heavy atom. The summed E-state index contributed by atoms with van der Waals surface area (Å²) >= 11 is 0. The van der Waals surface area contributed by atoms with Gasteiger partial charge < -0.3 is 18.9 Å². The molecule has 5 heterocycles. The number of hydrogen-bond donors (Lipinski definition) is 0. The second-order valence-corrected chi connectivity index (χ2v) is 11.9. The molecule has 262 valence electrons. The molecule has 2 aliphatic rings. The molecule has 9 nitrogen and oxygen atoms in total. The predicted molar refractivity (Wildman–Crippen MR) is 196 cm³/mol. The van der Waals surface area contributed by atoms with Gasteiger partial charge in [-0.2, -0.15) is 0 Å². The highest BCUT2D eigenvalue weighted by Gasteiger charge is 2.24. The van der Waals surface area contributed by atoms with Crippen LogP contribution in [0.25, 0.3) is 0 Å². The first kappa shape index (κ1) is 36.1. The van der Waals surface area contributed by atoms with Crippen molar-refractivity contribution >= 4 is 12.1 Å². The van der Waals surface area contributed by atoms with Gasteiger partial charge in [0.15, 0.2) is 18.4 Å². The molecule has 0 bridgehead atoms. The van der Waals surface area contributed by atoms with Gasteiger partial charge in [0.2, 0.25) is 0 Å². The molecule has 0 N–H and O–H groups in total. The summed E-state index contributed by atoms with van der Waals surface area (Å²) in [5, 5.41) is 0. The maximum Gasteiger partial charge on any atom is 0.193 e. The lowest BCUT2D eigenvalue weighted by molar-refractivity contribution is -0.0447. The molecular formula is C43H39N3O6. The van der Waals surface area contributed by atoms with Gasteiger partial charge in [0.1, 0.15) is 6.29 Å². The van der Waals surface area contributed by atoms with E-state index >= 15 is 0 Å². The average molecular weight is 694 g/mol. The number of rotatable bonds is 9.